The van der Waals surface area contributed by atoms with Crippen LogP contribution in [0.2, 0.25) is 0 Å². The van der Waals surface area contributed by atoms with Crippen LogP contribution in [0.3, 0.4) is 0 Å². The van der Waals surface area contributed by atoms with Crippen molar-refractivity contribution in [2.45, 2.75) is 6.92 Å². The van der Waals surface area contributed by atoms with Gasteiger partial charge in [-0.1, -0.05) is 31.7 Å². The maximum atomic E-state index is 5.21. The molecule has 0 amide bonds. The van der Waals surface area contributed by atoms with E-state index in [-0.39, 0.29) is 0 Å². The topological polar surface area (TPSA) is 9.23 Å². The van der Waals surface area contributed by atoms with Crippen LogP contribution in [0.15, 0.2) is 61.1 Å². The molecule has 0 atom stereocenters. The normalized spacial score (nSPS) is 10.0. The van der Waals surface area contributed by atoms with Crippen molar-refractivity contribution >= 4 is 0 Å². The molecule has 0 heterocycles. The molecule has 14 heavy (non-hydrogen) atoms. The average molecular weight is 186 g/mol. The zero-order chi connectivity index (χ0) is 11.0. The molecule has 0 spiro atoms. The second-order valence-electron chi connectivity index (χ2n) is 2.54. The average Bonchev–Trinajstić information content (AvgIpc) is 2.14. The quantitative estimate of drug-likeness (QED) is 0.363. The Bertz CT molecular complexity index is 335. The van der Waals surface area contributed by atoms with Gasteiger partial charge in [0.1, 0.15) is 11.5 Å². The smallest absolute Gasteiger partial charge is 0.120 e. The third kappa shape index (κ3) is 5.68. The first-order valence-corrected chi connectivity index (χ1v) is 4.12. The Kier molecular flexibility index (Phi) is 5.65. The van der Waals surface area contributed by atoms with Crippen molar-refractivity contribution in [3.63, 3.8) is 0 Å². The molecule has 0 aromatic heterocycles. The molecule has 0 saturated carbocycles. The van der Waals surface area contributed by atoms with E-state index in [1.807, 2.05) is 13.0 Å². The highest BCUT2D eigenvalue weighted by molar-refractivity contribution is 5.35. The molecule has 0 fully saturated rings. The summed E-state index contributed by atoms with van der Waals surface area (Å²) in [5.74, 6) is 3.40. The first-order valence-electron chi connectivity index (χ1n) is 4.12. The maximum Gasteiger partial charge on any atom is 0.120 e. The van der Waals surface area contributed by atoms with E-state index in [9.17, 15) is 0 Å². The number of rotatable bonds is 5. The summed E-state index contributed by atoms with van der Waals surface area (Å²) in [5.41, 5.74) is 0.575. The van der Waals surface area contributed by atoms with Crippen molar-refractivity contribution in [3.8, 4) is 12.3 Å². The third-order valence-electron chi connectivity index (χ3n) is 1.27. The molecule has 0 saturated heterocycles. The lowest BCUT2D eigenvalue weighted by molar-refractivity contribution is 0.340. The van der Waals surface area contributed by atoms with E-state index in [4.69, 9.17) is 11.2 Å². The van der Waals surface area contributed by atoms with Crippen LogP contribution < -0.4 is 0 Å². The van der Waals surface area contributed by atoms with Gasteiger partial charge < -0.3 is 4.74 Å². The predicted molar refractivity (Wildman–Crippen MR) is 61.3 cm³/mol. The summed E-state index contributed by atoms with van der Waals surface area (Å²) in [7, 11) is 0. The van der Waals surface area contributed by atoms with Crippen LogP contribution in [-0.2, 0) is 4.74 Å². The van der Waals surface area contributed by atoms with Crippen molar-refractivity contribution in [2.24, 2.45) is 0 Å². The Balaban J connectivity index is 4.13. The van der Waals surface area contributed by atoms with Crippen molar-refractivity contribution in [2.75, 3.05) is 0 Å². The summed E-state index contributed by atoms with van der Waals surface area (Å²) in [5, 5.41) is 0. The summed E-state index contributed by atoms with van der Waals surface area (Å²) in [6.07, 6.45) is 12.0. The Morgan fingerprint density at radius 1 is 1.14 bits per heavy atom. The fourth-order valence-electron chi connectivity index (χ4n) is 0.664. The van der Waals surface area contributed by atoms with Crippen LogP contribution in [-0.4, -0.2) is 0 Å². The molecular formula is C13H14O. The van der Waals surface area contributed by atoms with Gasteiger partial charge >= 0.3 is 0 Å². The van der Waals surface area contributed by atoms with Crippen LogP contribution >= 0.6 is 0 Å². The zero-order valence-electron chi connectivity index (χ0n) is 8.42. The van der Waals surface area contributed by atoms with Gasteiger partial charge in [-0.2, -0.15) is 0 Å². The van der Waals surface area contributed by atoms with Crippen molar-refractivity contribution in [1.29, 1.82) is 0 Å². The third-order valence-corrected chi connectivity index (χ3v) is 1.27. The van der Waals surface area contributed by atoms with E-state index in [1.165, 1.54) is 0 Å². The first-order chi connectivity index (χ1) is 6.60. The van der Waals surface area contributed by atoms with Crippen molar-refractivity contribution < 1.29 is 4.74 Å². The Labute approximate surface area is 85.8 Å². The molecule has 1 nitrogen and oxygen atoms in total. The molecule has 0 bridgehead atoms. The van der Waals surface area contributed by atoms with E-state index in [1.54, 1.807) is 18.2 Å². The molecule has 0 N–H and O–H groups in total. The molecule has 0 aliphatic rings. The molecule has 1 heteroatoms. The Morgan fingerprint density at radius 3 is 2.21 bits per heavy atom. The van der Waals surface area contributed by atoms with E-state index in [0.29, 0.717) is 17.1 Å². The number of allylic oxidation sites excluding steroid dienone is 5. The Morgan fingerprint density at radius 2 is 1.71 bits per heavy atom. The highest BCUT2D eigenvalue weighted by Crippen LogP contribution is 2.06. The second-order valence-corrected chi connectivity index (χ2v) is 2.54. The Hall–Kier alpha value is -1.94. The minimum atomic E-state index is 0.476. The van der Waals surface area contributed by atoms with Crippen molar-refractivity contribution in [1.82, 2.24) is 0 Å². The van der Waals surface area contributed by atoms with Crippen LogP contribution in [0.5, 0.6) is 0 Å². The highest BCUT2D eigenvalue weighted by atomic mass is 16.5. The number of terminal acetylenes is 1. The molecule has 0 aromatic rings. The summed E-state index contributed by atoms with van der Waals surface area (Å²) in [6.45, 7) is 12.8. The fraction of sp³-hybridized carbons (Fsp3) is 0.0769. The number of ether oxygens (including phenoxy) is 1. The maximum absolute atomic E-state index is 5.21. The number of hydrogen-bond acceptors (Lipinski definition) is 1. The lowest BCUT2D eigenvalue weighted by Gasteiger charge is -2.03. The molecule has 0 aliphatic heterocycles. The highest BCUT2D eigenvalue weighted by Gasteiger charge is 1.90. The monoisotopic (exact) mass is 186 g/mol. The lowest BCUT2D eigenvalue weighted by atomic mass is 10.3. The van der Waals surface area contributed by atoms with Gasteiger partial charge in [0.05, 0.1) is 0 Å². The molecule has 0 radical (unpaired) electrons. The van der Waals surface area contributed by atoms with Gasteiger partial charge in [-0.25, -0.2) is 0 Å². The first kappa shape index (κ1) is 12.1. The van der Waals surface area contributed by atoms with E-state index >= 15 is 0 Å². The lowest BCUT2D eigenvalue weighted by Crippen LogP contribution is -1.84. The molecule has 0 rings (SSSR count). The van der Waals surface area contributed by atoms with Gasteiger partial charge in [0.2, 0.25) is 0 Å². The summed E-state index contributed by atoms with van der Waals surface area (Å²) in [4.78, 5) is 0. The summed E-state index contributed by atoms with van der Waals surface area (Å²) in [6, 6.07) is 0. The zero-order valence-corrected chi connectivity index (χ0v) is 8.42. The van der Waals surface area contributed by atoms with Gasteiger partial charge in [0, 0.05) is 5.57 Å². The minimum absolute atomic E-state index is 0.476. The van der Waals surface area contributed by atoms with Gasteiger partial charge in [-0.15, -0.1) is 6.42 Å². The molecule has 0 aromatic carbocycles. The fourth-order valence-corrected chi connectivity index (χ4v) is 0.664. The van der Waals surface area contributed by atoms with Gasteiger partial charge in [-0.3, -0.25) is 0 Å². The van der Waals surface area contributed by atoms with E-state index in [0.717, 1.165) is 0 Å². The summed E-state index contributed by atoms with van der Waals surface area (Å²) >= 11 is 0. The van der Waals surface area contributed by atoms with Crippen LogP contribution in [0.4, 0.5) is 0 Å². The molecule has 72 valence electrons. The van der Waals surface area contributed by atoms with E-state index < -0.39 is 0 Å². The molecule has 0 unspecified atom stereocenters. The second kappa shape index (κ2) is 6.56. The standard InChI is InChI=1S/C13H14O/c1-6-8-12(4)14-13(5)10-9-11(3)7-2/h2,6,8-10H,3-5H2,1H3. The van der Waals surface area contributed by atoms with Gasteiger partial charge in [0.25, 0.3) is 0 Å². The van der Waals surface area contributed by atoms with Crippen LogP contribution in [0, 0.1) is 12.3 Å². The SMILES string of the molecule is C#CC(=C)C=CC(=C)OC(=C)C=CC. The summed E-state index contributed by atoms with van der Waals surface area (Å²) < 4.78 is 5.21. The van der Waals surface area contributed by atoms with Crippen molar-refractivity contribution in [3.05, 3.63) is 61.1 Å². The van der Waals surface area contributed by atoms with Gasteiger partial charge in [-0.05, 0) is 25.2 Å². The number of hydrogen-bond donors (Lipinski definition) is 0. The molecule has 0 aliphatic carbocycles. The van der Waals surface area contributed by atoms with Crippen LogP contribution in [0.25, 0.3) is 0 Å². The minimum Gasteiger partial charge on any atom is -0.459 e. The predicted octanol–water partition coefficient (Wildman–Crippen LogP) is 3.35. The van der Waals surface area contributed by atoms with Gasteiger partial charge in [0.15, 0.2) is 0 Å². The molecular weight excluding hydrogens is 172 g/mol. The largest absolute Gasteiger partial charge is 0.459 e. The van der Waals surface area contributed by atoms with Crippen LogP contribution in [0.1, 0.15) is 6.92 Å². The van der Waals surface area contributed by atoms with E-state index in [2.05, 4.69) is 25.7 Å².